The second kappa shape index (κ2) is 3.96. The topological polar surface area (TPSA) is 70.0 Å². The van der Waals surface area contributed by atoms with Crippen molar-refractivity contribution in [2.75, 3.05) is 7.05 Å². The minimum Gasteiger partial charge on any atom is -0.214 e. The number of rotatable bonds is 2. The predicted octanol–water partition coefficient (Wildman–Crippen LogP) is 1.12. The Labute approximate surface area is 87.2 Å². The number of hydrogen-bond donors (Lipinski definition) is 1. The number of benzene rings is 1. The summed E-state index contributed by atoms with van der Waals surface area (Å²) in [5.74, 6) is 0. The third-order valence-electron chi connectivity index (χ3n) is 1.64. The molecule has 0 fully saturated rings. The van der Waals surface area contributed by atoms with Gasteiger partial charge in [0.1, 0.15) is 6.07 Å². The lowest BCUT2D eigenvalue weighted by Crippen LogP contribution is -2.18. The van der Waals surface area contributed by atoms with E-state index in [0.29, 0.717) is 0 Å². The number of nitrogens with zero attached hydrogens (tertiary/aromatic N) is 1. The summed E-state index contributed by atoms with van der Waals surface area (Å²) in [6.07, 6.45) is 0. The number of hydrogen-bond acceptors (Lipinski definition) is 3. The molecule has 14 heavy (non-hydrogen) atoms. The van der Waals surface area contributed by atoms with Gasteiger partial charge in [0.25, 0.3) is 0 Å². The minimum absolute atomic E-state index is 0.0287. The van der Waals surface area contributed by atoms with Gasteiger partial charge in [0.15, 0.2) is 0 Å². The van der Waals surface area contributed by atoms with Crippen LogP contribution < -0.4 is 4.72 Å². The molecule has 0 heterocycles. The Hall–Kier alpha value is -1.09. The van der Waals surface area contributed by atoms with E-state index in [-0.39, 0.29) is 15.5 Å². The lowest BCUT2D eigenvalue weighted by Gasteiger charge is -2.02. The van der Waals surface area contributed by atoms with Crippen LogP contribution in [0.25, 0.3) is 0 Å². The maximum Gasteiger partial charge on any atom is 0.240 e. The highest BCUT2D eigenvalue weighted by molar-refractivity contribution is 7.89. The van der Waals surface area contributed by atoms with Crippen molar-refractivity contribution in [1.29, 1.82) is 5.26 Å². The first-order chi connectivity index (χ1) is 6.51. The largest absolute Gasteiger partial charge is 0.240 e. The average Bonchev–Trinajstić information content (AvgIpc) is 2.18. The van der Waals surface area contributed by atoms with Crippen molar-refractivity contribution in [3.8, 4) is 6.07 Å². The minimum atomic E-state index is -3.51. The van der Waals surface area contributed by atoms with E-state index in [1.54, 1.807) is 0 Å². The highest BCUT2D eigenvalue weighted by Crippen LogP contribution is 2.19. The van der Waals surface area contributed by atoms with Crippen LogP contribution in [0.2, 0.25) is 5.02 Å². The van der Waals surface area contributed by atoms with E-state index < -0.39 is 10.0 Å². The van der Waals surface area contributed by atoms with Gasteiger partial charge in [0, 0.05) is 0 Å². The number of nitriles is 1. The second-order valence-electron chi connectivity index (χ2n) is 2.46. The van der Waals surface area contributed by atoms with Crippen LogP contribution >= 0.6 is 11.6 Å². The monoisotopic (exact) mass is 230 g/mol. The molecule has 0 unspecified atom stereocenters. The SMILES string of the molecule is CNS(=O)(=O)c1ccc(Cl)c(C#N)c1. The molecular weight excluding hydrogens is 224 g/mol. The second-order valence-corrected chi connectivity index (χ2v) is 4.75. The molecule has 0 saturated heterocycles. The van der Waals surface area contributed by atoms with Crippen LogP contribution in [0, 0.1) is 11.3 Å². The van der Waals surface area contributed by atoms with Crippen LogP contribution in [0.3, 0.4) is 0 Å². The summed E-state index contributed by atoms with van der Waals surface area (Å²) in [6, 6.07) is 5.76. The quantitative estimate of drug-likeness (QED) is 0.828. The summed E-state index contributed by atoms with van der Waals surface area (Å²) in [4.78, 5) is 0.0287. The molecule has 4 nitrogen and oxygen atoms in total. The summed E-state index contributed by atoms with van der Waals surface area (Å²) < 4.78 is 24.8. The number of sulfonamides is 1. The zero-order chi connectivity index (χ0) is 10.8. The van der Waals surface area contributed by atoms with Crippen LogP contribution in [-0.4, -0.2) is 15.5 Å². The van der Waals surface area contributed by atoms with E-state index in [9.17, 15) is 8.42 Å². The highest BCUT2D eigenvalue weighted by atomic mass is 35.5. The van der Waals surface area contributed by atoms with Crippen molar-refractivity contribution in [3.63, 3.8) is 0 Å². The molecule has 6 heteroatoms. The first kappa shape index (κ1) is 11.0. The van der Waals surface area contributed by atoms with Gasteiger partial charge in [0.2, 0.25) is 10.0 Å². The van der Waals surface area contributed by atoms with E-state index in [4.69, 9.17) is 16.9 Å². The molecule has 1 aromatic rings. The molecule has 0 amide bonds. The fourth-order valence-corrected chi connectivity index (χ4v) is 1.79. The van der Waals surface area contributed by atoms with Gasteiger partial charge in [-0.25, -0.2) is 13.1 Å². The van der Waals surface area contributed by atoms with Crippen molar-refractivity contribution >= 4 is 21.6 Å². The van der Waals surface area contributed by atoms with Gasteiger partial charge >= 0.3 is 0 Å². The van der Waals surface area contributed by atoms with Crippen molar-refractivity contribution in [2.24, 2.45) is 0 Å². The molecule has 0 bridgehead atoms. The van der Waals surface area contributed by atoms with Gasteiger partial charge in [-0.05, 0) is 25.2 Å². The van der Waals surface area contributed by atoms with Gasteiger partial charge in [-0.2, -0.15) is 5.26 Å². The van der Waals surface area contributed by atoms with Crippen LogP contribution in [0.1, 0.15) is 5.56 Å². The fourth-order valence-electron chi connectivity index (χ4n) is 0.875. The van der Waals surface area contributed by atoms with Crippen molar-refractivity contribution in [3.05, 3.63) is 28.8 Å². The van der Waals surface area contributed by atoms with E-state index >= 15 is 0 Å². The summed E-state index contributed by atoms with van der Waals surface area (Å²) >= 11 is 5.65. The smallest absolute Gasteiger partial charge is 0.214 e. The lowest BCUT2D eigenvalue weighted by atomic mass is 10.2. The summed E-state index contributed by atoms with van der Waals surface area (Å²) in [5, 5.41) is 8.87. The molecule has 1 aromatic carbocycles. The molecule has 0 atom stereocenters. The summed E-state index contributed by atoms with van der Waals surface area (Å²) in [7, 11) is -2.21. The van der Waals surface area contributed by atoms with Crippen molar-refractivity contribution in [2.45, 2.75) is 4.90 Å². The normalized spacial score (nSPS) is 10.9. The van der Waals surface area contributed by atoms with Crippen LogP contribution in [0.15, 0.2) is 23.1 Å². The molecule has 0 aliphatic carbocycles. The summed E-state index contributed by atoms with van der Waals surface area (Å²) in [6.45, 7) is 0. The Morgan fingerprint density at radius 2 is 2.14 bits per heavy atom. The van der Waals surface area contributed by atoms with Crippen molar-refractivity contribution < 1.29 is 8.42 Å². The molecule has 1 rings (SSSR count). The van der Waals surface area contributed by atoms with Crippen LogP contribution in [-0.2, 0) is 10.0 Å². The average molecular weight is 231 g/mol. The van der Waals surface area contributed by atoms with Gasteiger partial charge in [-0.3, -0.25) is 0 Å². The Kier molecular flexibility index (Phi) is 3.11. The Morgan fingerprint density at radius 3 is 2.64 bits per heavy atom. The standard InChI is InChI=1S/C8H7ClN2O2S/c1-11-14(12,13)7-2-3-8(9)6(4-7)5-10/h2-4,11H,1H3. The van der Waals surface area contributed by atoms with Crippen LogP contribution in [0.5, 0.6) is 0 Å². The Bertz CT molecular complexity index is 491. The zero-order valence-corrected chi connectivity index (χ0v) is 8.85. The number of halogens is 1. The van der Waals surface area contributed by atoms with E-state index in [1.165, 1.54) is 25.2 Å². The van der Waals surface area contributed by atoms with Crippen LogP contribution in [0.4, 0.5) is 0 Å². The summed E-state index contributed by atoms with van der Waals surface area (Å²) in [5.41, 5.74) is 0.142. The zero-order valence-electron chi connectivity index (χ0n) is 7.28. The first-order valence-electron chi connectivity index (χ1n) is 3.64. The lowest BCUT2D eigenvalue weighted by molar-refractivity contribution is 0.588. The molecule has 0 spiro atoms. The van der Waals surface area contributed by atoms with E-state index in [2.05, 4.69) is 4.72 Å². The third kappa shape index (κ3) is 2.04. The van der Waals surface area contributed by atoms with E-state index in [1.807, 2.05) is 6.07 Å². The fraction of sp³-hybridized carbons (Fsp3) is 0.125. The van der Waals surface area contributed by atoms with Gasteiger partial charge in [-0.1, -0.05) is 11.6 Å². The molecule has 0 aromatic heterocycles. The Balaban J connectivity index is 3.36. The molecular formula is C8H7ClN2O2S. The first-order valence-corrected chi connectivity index (χ1v) is 5.50. The Morgan fingerprint density at radius 1 is 1.50 bits per heavy atom. The number of nitrogens with one attached hydrogen (secondary N) is 1. The predicted molar refractivity (Wildman–Crippen MR) is 52.4 cm³/mol. The highest BCUT2D eigenvalue weighted by Gasteiger charge is 2.12. The molecule has 0 saturated carbocycles. The maximum absolute atomic E-state index is 11.3. The molecule has 1 N–H and O–H groups in total. The maximum atomic E-state index is 11.3. The van der Waals surface area contributed by atoms with Crippen molar-refractivity contribution in [1.82, 2.24) is 4.72 Å². The van der Waals surface area contributed by atoms with Gasteiger partial charge in [-0.15, -0.1) is 0 Å². The molecule has 0 aliphatic heterocycles. The molecule has 0 aliphatic rings. The van der Waals surface area contributed by atoms with E-state index in [0.717, 1.165) is 0 Å². The van der Waals surface area contributed by atoms with Gasteiger partial charge < -0.3 is 0 Å². The molecule has 0 radical (unpaired) electrons. The molecule has 74 valence electrons. The van der Waals surface area contributed by atoms with Gasteiger partial charge in [0.05, 0.1) is 15.5 Å². The third-order valence-corrected chi connectivity index (χ3v) is 3.38.